The predicted molar refractivity (Wildman–Crippen MR) is 104 cm³/mol. The summed E-state index contributed by atoms with van der Waals surface area (Å²) < 4.78 is 20.1. The Bertz CT molecular complexity index is 1020. The minimum Gasteiger partial charge on any atom is -0.442 e. The molecule has 0 aliphatic carbocycles. The molecule has 3 aliphatic heterocycles. The first-order valence-electron chi connectivity index (χ1n) is 9.55. The van der Waals surface area contributed by atoms with Crippen LogP contribution in [0.15, 0.2) is 41.6 Å². The lowest BCUT2D eigenvalue weighted by Crippen LogP contribution is -2.37. The zero-order valence-electron chi connectivity index (χ0n) is 15.5. The van der Waals surface area contributed by atoms with Crippen molar-refractivity contribution in [3.8, 4) is 11.1 Å². The molecular formula is C21H20FN3O4. The van der Waals surface area contributed by atoms with E-state index in [4.69, 9.17) is 20.4 Å². The third-order valence-electron chi connectivity index (χ3n) is 5.76. The van der Waals surface area contributed by atoms with Gasteiger partial charge in [0, 0.05) is 18.5 Å². The number of halogens is 1. The number of nitrogens with zero attached hydrogens (tertiary/aromatic N) is 2. The Morgan fingerprint density at radius 2 is 2.00 bits per heavy atom. The van der Waals surface area contributed by atoms with Crippen LogP contribution in [-0.2, 0) is 16.0 Å². The molecule has 0 spiro atoms. The highest BCUT2D eigenvalue weighted by molar-refractivity contribution is 6.02. The van der Waals surface area contributed by atoms with Gasteiger partial charge >= 0.3 is 6.09 Å². The zero-order chi connectivity index (χ0) is 20.1. The number of hydrogen-bond donors (Lipinski definition) is 2. The van der Waals surface area contributed by atoms with Crippen LogP contribution in [0.2, 0.25) is 0 Å². The van der Waals surface area contributed by atoms with E-state index < -0.39 is 11.9 Å². The normalized spacial score (nSPS) is 24.8. The zero-order valence-corrected chi connectivity index (χ0v) is 15.5. The van der Waals surface area contributed by atoms with Crippen molar-refractivity contribution in [3.05, 3.63) is 53.3 Å². The highest BCUT2D eigenvalue weighted by Gasteiger charge is 2.46. The van der Waals surface area contributed by atoms with Gasteiger partial charge in [-0.2, -0.15) is 0 Å². The van der Waals surface area contributed by atoms with E-state index in [0.29, 0.717) is 24.1 Å². The molecule has 1 fully saturated rings. The molecular weight excluding hydrogens is 377 g/mol. The number of anilines is 1. The summed E-state index contributed by atoms with van der Waals surface area (Å²) in [7, 11) is 0. The summed E-state index contributed by atoms with van der Waals surface area (Å²) >= 11 is 0. The number of benzene rings is 2. The molecule has 3 N–H and O–H groups in total. The van der Waals surface area contributed by atoms with E-state index in [1.165, 1.54) is 6.07 Å². The Hall–Kier alpha value is -2.97. The summed E-state index contributed by atoms with van der Waals surface area (Å²) in [5, 5.41) is 13.0. The van der Waals surface area contributed by atoms with Gasteiger partial charge in [-0.05, 0) is 47.4 Å². The van der Waals surface area contributed by atoms with E-state index in [9.17, 15) is 9.18 Å². The quantitative estimate of drug-likeness (QED) is 0.824. The molecule has 3 aliphatic rings. The highest BCUT2D eigenvalue weighted by atomic mass is 19.1. The van der Waals surface area contributed by atoms with Gasteiger partial charge in [-0.1, -0.05) is 17.3 Å². The minimum absolute atomic E-state index is 0.0864. The van der Waals surface area contributed by atoms with Crippen molar-refractivity contribution < 1.29 is 23.9 Å². The number of aliphatic hydroxyl groups is 1. The van der Waals surface area contributed by atoms with Crippen LogP contribution >= 0.6 is 0 Å². The SMILES string of the molecule is NC[C@@H]1OC(=O)N2c3ccc(-c4ccc(C5=NOC(CO)C5)c(F)c4)cc3C[C@@H]12. The number of hydrogen-bond acceptors (Lipinski definition) is 6. The highest BCUT2D eigenvalue weighted by Crippen LogP contribution is 2.40. The number of carbonyl (C=O) groups excluding carboxylic acids is 1. The van der Waals surface area contributed by atoms with Crippen LogP contribution in [0, 0.1) is 5.82 Å². The lowest BCUT2D eigenvalue weighted by atomic mass is 9.97. The summed E-state index contributed by atoms with van der Waals surface area (Å²) in [6.45, 7) is 0.129. The second kappa shape index (κ2) is 6.82. The van der Waals surface area contributed by atoms with Crippen molar-refractivity contribution in [3.63, 3.8) is 0 Å². The molecule has 5 rings (SSSR count). The van der Waals surface area contributed by atoms with Crippen LogP contribution in [0.1, 0.15) is 17.5 Å². The summed E-state index contributed by atoms with van der Waals surface area (Å²) in [5.74, 6) is -0.392. The van der Waals surface area contributed by atoms with Gasteiger partial charge in [-0.3, -0.25) is 4.90 Å². The maximum absolute atomic E-state index is 14.7. The van der Waals surface area contributed by atoms with Crippen molar-refractivity contribution in [2.45, 2.75) is 31.1 Å². The Labute approximate surface area is 166 Å². The van der Waals surface area contributed by atoms with Gasteiger partial charge in [0.15, 0.2) is 6.10 Å². The van der Waals surface area contributed by atoms with E-state index in [-0.39, 0.29) is 31.4 Å². The summed E-state index contributed by atoms with van der Waals surface area (Å²) in [5.41, 5.74) is 10.0. The van der Waals surface area contributed by atoms with Crippen molar-refractivity contribution in [1.82, 2.24) is 0 Å². The van der Waals surface area contributed by atoms with E-state index in [2.05, 4.69) is 5.16 Å². The van der Waals surface area contributed by atoms with Crippen molar-refractivity contribution in [2.24, 2.45) is 10.9 Å². The van der Waals surface area contributed by atoms with E-state index in [1.54, 1.807) is 11.0 Å². The minimum atomic E-state index is -0.417. The predicted octanol–water partition coefficient (Wildman–Crippen LogP) is 2.19. The molecule has 1 amide bonds. The maximum Gasteiger partial charge on any atom is 0.415 e. The van der Waals surface area contributed by atoms with E-state index >= 15 is 0 Å². The Morgan fingerprint density at radius 3 is 2.72 bits per heavy atom. The number of cyclic esters (lactones) is 1. The number of fused-ring (bicyclic) bond motifs is 3. The largest absolute Gasteiger partial charge is 0.442 e. The van der Waals surface area contributed by atoms with Crippen LogP contribution in [0.4, 0.5) is 14.9 Å². The molecule has 3 heterocycles. The van der Waals surface area contributed by atoms with E-state index in [0.717, 1.165) is 22.4 Å². The Balaban J connectivity index is 1.43. The van der Waals surface area contributed by atoms with Gasteiger partial charge in [0.1, 0.15) is 11.9 Å². The molecule has 1 saturated heterocycles. The number of oxime groups is 1. The average molecular weight is 397 g/mol. The van der Waals surface area contributed by atoms with Crippen molar-refractivity contribution in [2.75, 3.05) is 18.1 Å². The molecule has 2 aromatic carbocycles. The van der Waals surface area contributed by atoms with E-state index in [1.807, 2.05) is 24.3 Å². The van der Waals surface area contributed by atoms with Crippen LogP contribution in [0.5, 0.6) is 0 Å². The van der Waals surface area contributed by atoms with Crippen LogP contribution in [-0.4, -0.2) is 48.3 Å². The molecule has 2 aromatic rings. The van der Waals surface area contributed by atoms with Gasteiger partial charge in [0.25, 0.3) is 0 Å². The summed E-state index contributed by atoms with van der Waals surface area (Å²) in [6.07, 6.45) is -0.0606. The van der Waals surface area contributed by atoms with Gasteiger partial charge in [0.2, 0.25) is 0 Å². The van der Waals surface area contributed by atoms with Gasteiger partial charge in [-0.15, -0.1) is 0 Å². The first-order chi connectivity index (χ1) is 14.1. The van der Waals surface area contributed by atoms with Crippen molar-refractivity contribution in [1.29, 1.82) is 0 Å². The molecule has 7 nitrogen and oxygen atoms in total. The standard InChI is InChI=1S/C21H20FN3O4/c22-16-6-12(1-3-15(16)17-8-14(10-26)29-24-17)11-2-4-18-13(5-11)7-19-20(9-23)28-21(27)25(18)19/h1-6,14,19-20,26H,7-10,23H2/t14?,19-,20-/m0/s1. The third kappa shape index (κ3) is 2.87. The third-order valence-corrected chi connectivity index (χ3v) is 5.76. The fourth-order valence-corrected chi connectivity index (χ4v) is 4.27. The first-order valence-corrected chi connectivity index (χ1v) is 9.55. The topological polar surface area (TPSA) is 97.4 Å². The number of carbonyl (C=O) groups is 1. The molecule has 0 aromatic heterocycles. The van der Waals surface area contributed by atoms with Crippen LogP contribution in [0.25, 0.3) is 11.1 Å². The smallest absolute Gasteiger partial charge is 0.415 e. The molecule has 3 atom stereocenters. The lowest BCUT2D eigenvalue weighted by Gasteiger charge is -2.14. The summed E-state index contributed by atoms with van der Waals surface area (Å²) in [4.78, 5) is 18.9. The Kier molecular flexibility index (Phi) is 4.25. The maximum atomic E-state index is 14.7. The molecule has 150 valence electrons. The lowest BCUT2D eigenvalue weighted by molar-refractivity contribution is 0.0390. The van der Waals surface area contributed by atoms with Crippen molar-refractivity contribution >= 4 is 17.5 Å². The number of nitrogens with two attached hydrogens (primary N) is 1. The number of ether oxygens (including phenoxy) is 1. The number of rotatable bonds is 4. The van der Waals surface area contributed by atoms with Gasteiger partial charge < -0.3 is 20.4 Å². The second-order valence-electron chi connectivity index (χ2n) is 7.49. The molecule has 0 bridgehead atoms. The fraction of sp³-hybridized carbons (Fsp3) is 0.333. The Morgan fingerprint density at radius 1 is 1.21 bits per heavy atom. The van der Waals surface area contributed by atoms with Crippen LogP contribution in [0.3, 0.4) is 0 Å². The molecule has 1 unspecified atom stereocenters. The molecule has 29 heavy (non-hydrogen) atoms. The number of amides is 1. The first kappa shape index (κ1) is 18.1. The monoisotopic (exact) mass is 397 g/mol. The molecule has 8 heteroatoms. The van der Waals surface area contributed by atoms with Gasteiger partial charge in [-0.25, -0.2) is 9.18 Å². The molecule has 0 saturated carbocycles. The van der Waals surface area contributed by atoms with Crippen LogP contribution < -0.4 is 10.6 Å². The fourth-order valence-electron chi connectivity index (χ4n) is 4.27. The van der Waals surface area contributed by atoms with Gasteiger partial charge in [0.05, 0.1) is 24.0 Å². The number of aliphatic hydroxyl groups excluding tert-OH is 1. The second-order valence-corrected chi connectivity index (χ2v) is 7.49. The molecule has 0 radical (unpaired) electrons. The summed E-state index contributed by atoms with van der Waals surface area (Å²) in [6, 6.07) is 10.6. The average Bonchev–Trinajstić information content (AvgIpc) is 3.42.